The summed E-state index contributed by atoms with van der Waals surface area (Å²) >= 11 is 0. The van der Waals surface area contributed by atoms with E-state index in [0.29, 0.717) is 40.5 Å². The normalized spacial score (nSPS) is 24.6. The van der Waals surface area contributed by atoms with E-state index in [-0.39, 0.29) is 18.3 Å². The Morgan fingerprint density at radius 3 is 2.57 bits per heavy atom. The fourth-order valence-electron chi connectivity index (χ4n) is 4.05. The van der Waals surface area contributed by atoms with Gasteiger partial charge in [0.25, 0.3) is 0 Å². The lowest BCUT2D eigenvalue weighted by molar-refractivity contribution is -0.151. The van der Waals surface area contributed by atoms with E-state index < -0.39 is 23.8 Å². The van der Waals surface area contributed by atoms with Gasteiger partial charge in [-0.15, -0.1) is 0 Å². The highest BCUT2D eigenvalue weighted by atomic mass is 16.5. The summed E-state index contributed by atoms with van der Waals surface area (Å²) in [4.78, 5) is 38.4. The Morgan fingerprint density at radius 1 is 1.29 bits per heavy atom. The number of rotatable bonds is 4. The second kappa shape index (κ2) is 7.66. The quantitative estimate of drug-likeness (QED) is 0.627. The van der Waals surface area contributed by atoms with Crippen LogP contribution in [-0.4, -0.2) is 31.4 Å². The molecule has 1 aromatic rings. The van der Waals surface area contributed by atoms with Crippen LogP contribution in [0.3, 0.4) is 0 Å². The zero-order valence-electron chi connectivity index (χ0n) is 16.8. The molecule has 7 heteroatoms. The van der Waals surface area contributed by atoms with Crippen LogP contribution in [0.1, 0.15) is 44.6 Å². The van der Waals surface area contributed by atoms with Gasteiger partial charge in [-0.2, -0.15) is 0 Å². The van der Waals surface area contributed by atoms with Gasteiger partial charge in [-0.25, -0.2) is 4.79 Å². The van der Waals surface area contributed by atoms with Gasteiger partial charge in [-0.3, -0.25) is 9.59 Å². The van der Waals surface area contributed by atoms with Crippen molar-refractivity contribution in [2.75, 3.05) is 13.7 Å². The van der Waals surface area contributed by atoms with Gasteiger partial charge in [0, 0.05) is 17.0 Å². The number of carbonyl (C=O) groups excluding carboxylic acids is 3. The SMILES string of the molecule is CCOC(=O)C1=C(C)NC2=C(C(=O)[C@H](C(=O)OC)[C@H](C)C2)[C@@H]1c1ccc(C)o1. The largest absolute Gasteiger partial charge is 0.468 e. The van der Waals surface area contributed by atoms with E-state index in [9.17, 15) is 14.4 Å². The summed E-state index contributed by atoms with van der Waals surface area (Å²) in [6, 6.07) is 3.53. The number of aryl methyl sites for hydroxylation is 1. The predicted molar refractivity (Wildman–Crippen MR) is 100.0 cm³/mol. The van der Waals surface area contributed by atoms with Crippen LogP contribution in [0.2, 0.25) is 0 Å². The molecule has 1 aliphatic carbocycles. The van der Waals surface area contributed by atoms with Gasteiger partial charge in [0.1, 0.15) is 17.4 Å². The van der Waals surface area contributed by atoms with Crippen LogP contribution in [0.15, 0.2) is 39.1 Å². The van der Waals surface area contributed by atoms with Crippen LogP contribution >= 0.6 is 0 Å². The minimum Gasteiger partial charge on any atom is -0.468 e. The van der Waals surface area contributed by atoms with Crippen molar-refractivity contribution < 1.29 is 28.3 Å². The number of hydrogen-bond acceptors (Lipinski definition) is 7. The Bertz CT molecular complexity index is 890. The van der Waals surface area contributed by atoms with Crippen LogP contribution in [0.4, 0.5) is 0 Å². The Hall–Kier alpha value is -2.83. The first-order valence-electron chi connectivity index (χ1n) is 9.36. The average molecular weight is 387 g/mol. The first-order valence-corrected chi connectivity index (χ1v) is 9.36. The number of Topliss-reactive ketones (excluding diaryl/α,β-unsaturated/α-hetero) is 1. The van der Waals surface area contributed by atoms with Crippen LogP contribution in [0.5, 0.6) is 0 Å². The van der Waals surface area contributed by atoms with Gasteiger partial charge >= 0.3 is 11.9 Å². The zero-order valence-corrected chi connectivity index (χ0v) is 16.8. The van der Waals surface area contributed by atoms with Crippen LogP contribution in [0, 0.1) is 18.8 Å². The van der Waals surface area contributed by atoms with Crippen molar-refractivity contribution in [1.29, 1.82) is 0 Å². The number of nitrogens with one attached hydrogen (secondary N) is 1. The van der Waals surface area contributed by atoms with E-state index in [1.54, 1.807) is 32.9 Å². The minimum atomic E-state index is -0.911. The molecule has 1 aromatic heterocycles. The maximum atomic E-state index is 13.4. The summed E-state index contributed by atoms with van der Waals surface area (Å²) < 4.78 is 15.9. The molecule has 0 amide bonds. The Balaban J connectivity index is 2.16. The molecule has 0 saturated heterocycles. The molecular formula is C21H25NO6. The second-order valence-corrected chi connectivity index (χ2v) is 7.20. The molecule has 150 valence electrons. The second-order valence-electron chi connectivity index (χ2n) is 7.20. The number of dihydropyridines is 1. The van der Waals surface area contributed by atoms with E-state index >= 15 is 0 Å². The van der Waals surface area contributed by atoms with Crippen molar-refractivity contribution in [2.24, 2.45) is 11.8 Å². The number of furan rings is 1. The van der Waals surface area contributed by atoms with Crippen LogP contribution < -0.4 is 5.32 Å². The molecule has 3 atom stereocenters. The topological polar surface area (TPSA) is 94.8 Å². The number of hydrogen-bond donors (Lipinski definition) is 1. The maximum Gasteiger partial charge on any atom is 0.336 e. The highest BCUT2D eigenvalue weighted by molar-refractivity contribution is 6.12. The Kier molecular flexibility index (Phi) is 5.45. The number of ether oxygens (including phenoxy) is 2. The number of allylic oxidation sites excluding steroid dienone is 3. The van der Waals surface area contributed by atoms with Gasteiger partial charge in [-0.1, -0.05) is 6.92 Å². The van der Waals surface area contributed by atoms with Crippen molar-refractivity contribution in [3.05, 3.63) is 46.2 Å². The summed E-state index contributed by atoms with van der Waals surface area (Å²) in [5.41, 5.74) is 2.02. The fourth-order valence-corrected chi connectivity index (χ4v) is 4.05. The Labute approximate surface area is 163 Å². The lowest BCUT2D eigenvalue weighted by Crippen LogP contribution is -2.43. The molecule has 0 fully saturated rings. The number of carbonyl (C=O) groups is 3. The summed E-state index contributed by atoms with van der Waals surface area (Å²) in [7, 11) is 1.27. The van der Waals surface area contributed by atoms with E-state index in [4.69, 9.17) is 13.9 Å². The fraction of sp³-hybridized carbons (Fsp3) is 0.476. The van der Waals surface area contributed by atoms with Gasteiger partial charge in [0.15, 0.2) is 5.78 Å². The smallest absolute Gasteiger partial charge is 0.336 e. The Morgan fingerprint density at radius 2 is 2.00 bits per heavy atom. The predicted octanol–water partition coefficient (Wildman–Crippen LogP) is 2.76. The molecule has 0 radical (unpaired) electrons. The first-order chi connectivity index (χ1) is 13.3. The van der Waals surface area contributed by atoms with Gasteiger partial charge < -0.3 is 19.2 Å². The van der Waals surface area contributed by atoms with Crippen LogP contribution in [-0.2, 0) is 23.9 Å². The van der Waals surface area contributed by atoms with Crippen molar-refractivity contribution >= 4 is 17.7 Å². The summed E-state index contributed by atoms with van der Waals surface area (Å²) in [6.07, 6.45) is 0.491. The standard InChI is InChI=1S/C21H25NO6/c1-6-27-21(25)16-12(4)22-13-9-10(2)15(20(24)26-5)19(23)17(13)18(16)14-8-7-11(3)28-14/h7-8,10,15,18,22H,6,9H2,1-5H3/t10-,15-,18-/m1/s1. The van der Waals surface area contributed by atoms with Crippen molar-refractivity contribution in [2.45, 2.75) is 40.0 Å². The number of methoxy groups -OCH3 is 1. The number of esters is 2. The third-order valence-corrected chi connectivity index (χ3v) is 5.28. The monoisotopic (exact) mass is 387 g/mol. The minimum absolute atomic E-state index is 0.210. The molecule has 0 aromatic carbocycles. The highest BCUT2D eigenvalue weighted by Gasteiger charge is 2.48. The molecule has 7 nitrogen and oxygen atoms in total. The van der Waals surface area contributed by atoms with E-state index in [0.717, 1.165) is 0 Å². The van der Waals surface area contributed by atoms with Crippen molar-refractivity contribution in [3.63, 3.8) is 0 Å². The number of ketones is 1. The molecule has 0 unspecified atom stereocenters. The lowest BCUT2D eigenvalue weighted by atomic mass is 9.70. The third-order valence-electron chi connectivity index (χ3n) is 5.28. The average Bonchev–Trinajstić information content (AvgIpc) is 3.06. The van der Waals surface area contributed by atoms with Crippen molar-refractivity contribution in [1.82, 2.24) is 5.32 Å². The summed E-state index contributed by atoms with van der Waals surface area (Å²) in [6.45, 7) is 7.35. The van der Waals surface area contributed by atoms with Gasteiger partial charge in [0.2, 0.25) is 0 Å². The third kappa shape index (κ3) is 3.25. The van der Waals surface area contributed by atoms with E-state index in [1.807, 2.05) is 6.92 Å². The molecule has 28 heavy (non-hydrogen) atoms. The van der Waals surface area contributed by atoms with Crippen LogP contribution in [0.25, 0.3) is 0 Å². The molecular weight excluding hydrogens is 362 g/mol. The summed E-state index contributed by atoms with van der Waals surface area (Å²) in [5.74, 6) is -2.15. The van der Waals surface area contributed by atoms with Gasteiger partial charge in [-0.05, 0) is 45.2 Å². The molecule has 1 aliphatic heterocycles. The van der Waals surface area contributed by atoms with E-state index in [1.165, 1.54) is 7.11 Å². The molecule has 0 saturated carbocycles. The summed E-state index contributed by atoms with van der Waals surface area (Å²) in [5, 5.41) is 3.20. The lowest BCUT2D eigenvalue weighted by Gasteiger charge is -2.37. The van der Waals surface area contributed by atoms with Gasteiger partial charge in [0.05, 0.1) is 25.2 Å². The molecule has 0 bridgehead atoms. The molecule has 0 spiro atoms. The maximum absolute atomic E-state index is 13.4. The highest BCUT2D eigenvalue weighted by Crippen LogP contribution is 2.45. The zero-order chi connectivity index (χ0) is 20.6. The van der Waals surface area contributed by atoms with E-state index in [2.05, 4.69) is 5.32 Å². The molecule has 2 heterocycles. The molecule has 1 N–H and O–H groups in total. The van der Waals surface area contributed by atoms with Crippen molar-refractivity contribution in [3.8, 4) is 0 Å². The first kappa shape index (κ1) is 19.9. The molecule has 3 rings (SSSR count). The molecule has 2 aliphatic rings.